The lowest BCUT2D eigenvalue weighted by molar-refractivity contribution is -0.689. The molecule has 0 aliphatic rings. The number of anilines is 1. The Balaban J connectivity index is 0.00000560. The van der Waals surface area contributed by atoms with Crippen molar-refractivity contribution in [1.82, 2.24) is 0 Å². The van der Waals surface area contributed by atoms with Crippen LogP contribution in [0.4, 0.5) is 5.69 Å². The van der Waals surface area contributed by atoms with Crippen LogP contribution >= 0.6 is 11.3 Å². The highest BCUT2D eigenvalue weighted by Gasteiger charge is 2.18. The number of hydrogen-bond donors (Lipinski definition) is 1. The fraction of sp³-hybridized carbons (Fsp3) is 0.515. The third-order valence-electron chi connectivity index (χ3n) is 7.11. The van der Waals surface area contributed by atoms with Gasteiger partial charge in [0.2, 0.25) is 5.51 Å². The summed E-state index contributed by atoms with van der Waals surface area (Å²) in [4.78, 5) is 13.3. The monoisotopic (exact) mass is 630 g/mol. The average molecular weight is 632 g/mol. The summed E-state index contributed by atoms with van der Waals surface area (Å²) in [5.41, 5.74) is 5.72. The number of thiazole rings is 1. The van der Waals surface area contributed by atoms with E-state index in [2.05, 4.69) is 40.7 Å². The van der Waals surface area contributed by atoms with Crippen molar-refractivity contribution in [2.75, 3.05) is 19.0 Å². The molecule has 40 heavy (non-hydrogen) atoms. The van der Waals surface area contributed by atoms with Crippen molar-refractivity contribution in [2.45, 2.75) is 97.4 Å². The number of ether oxygens (including phenoxy) is 2. The molecule has 1 amide bonds. The molecule has 1 N–H and O–H groups in total. The molecule has 5 nitrogen and oxygen atoms in total. The van der Waals surface area contributed by atoms with Gasteiger partial charge in [-0.3, -0.25) is 4.79 Å². The molecule has 3 rings (SSSR count). The van der Waals surface area contributed by atoms with E-state index in [9.17, 15) is 4.79 Å². The fourth-order valence-electron chi connectivity index (χ4n) is 4.78. The number of carbonyl (C=O) groups excluding carboxylic acids is 1. The Morgan fingerprint density at radius 1 is 0.900 bits per heavy atom. The van der Waals surface area contributed by atoms with Gasteiger partial charge >= 0.3 is 0 Å². The van der Waals surface area contributed by atoms with E-state index in [0.29, 0.717) is 23.7 Å². The molecule has 0 fully saturated rings. The minimum Gasteiger partial charge on any atom is -1.00 e. The maximum Gasteiger partial charge on any atom is 0.259 e. The summed E-state index contributed by atoms with van der Waals surface area (Å²) in [5.74, 6) is 0.899. The van der Waals surface area contributed by atoms with E-state index in [-0.39, 0.29) is 22.9 Å². The maximum atomic E-state index is 13.3. The van der Waals surface area contributed by atoms with E-state index in [1.54, 1.807) is 24.5 Å². The van der Waals surface area contributed by atoms with Crippen molar-refractivity contribution in [1.29, 1.82) is 0 Å². The number of aromatic nitrogens is 1. The van der Waals surface area contributed by atoms with Gasteiger partial charge in [-0.05, 0) is 30.7 Å². The number of benzene rings is 2. The van der Waals surface area contributed by atoms with Gasteiger partial charge in [-0.1, -0.05) is 107 Å². The lowest BCUT2D eigenvalue weighted by Gasteiger charge is -2.15. The highest BCUT2D eigenvalue weighted by atomic mass is 79.9. The van der Waals surface area contributed by atoms with Crippen molar-refractivity contribution in [3.05, 3.63) is 70.2 Å². The number of para-hydroxylation sites is 1. The van der Waals surface area contributed by atoms with Crippen LogP contribution in [0.25, 0.3) is 0 Å². The fourth-order valence-corrected chi connectivity index (χ4v) is 5.56. The number of unbranched alkanes of at least 4 members (excludes halogenated alkanes) is 11. The quantitative estimate of drug-likeness (QED) is 0.136. The first-order valence-electron chi connectivity index (χ1n) is 14.7. The first kappa shape index (κ1) is 33.8. The molecule has 0 saturated heterocycles. The normalized spacial score (nSPS) is 10.7. The van der Waals surface area contributed by atoms with Crippen molar-refractivity contribution >= 4 is 22.9 Å². The molecule has 1 aromatic heterocycles. The predicted molar refractivity (Wildman–Crippen MR) is 162 cm³/mol. The van der Waals surface area contributed by atoms with E-state index in [0.717, 1.165) is 30.6 Å². The smallest absolute Gasteiger partial charge is 0.259 e. The topological polar surface area (TPSA) is 51.4 Å². The number of aryl methyl sites for hydroxylation is 1. The molecule has 1 heterocycles. The Labute approximate surface area is 256 Å². The second-order valence-corrected chi connectivity index (χ2v) is 11.1. The molecule has 0 unspecified atom stereocenters. The summed E-state index contributed by atoms with van der Waals surface area (Å²) >= 11 is 1.69. The molecule has 0 saturated carbocycles. The van der Waals surface area contributed by atoms with Gasteiger partial charge in [0, 0.05) is 18.2 Å². The maximum absolute atomic E-state index is 13.3. The van der Waals surface area contributed by atoms with Crippen LogP contribution in [0.3, 0.4) is 0 Å². The van der Waals surface area contributed by atoms with E-state index in [4.69, 9.17) is 9.47 Å². The Morgan fingerprint density at radius 2 is 1.55 bits per heavy atom. The number of methoxy groups -OCH3 is 1. The van der Waals surface area contributed by atoms with E-state index in [1.165, 1.54) is 69.9 Å². The molecular weight excluding hydrogens is 584 g/mol. The minimum atomic E-state index is -0.199. The molecule has 0 aliphatic carbocycles. The van der Waals surface area contributed by atoms with Crippen LogP contribution < -0.4 is 36.3 Å². The van der Waals surface area contributed by atoms with Crippen LogP contribution in [0, 0.1) is 6.92 Å². The number of carbonyl (C=O) groups is 1. The van der Waals surface area contributed by atoms with Gasteiger partial charge in [-0.2, -0.15) is 4.57 Å². The largest absolute Gasteiger partial charge is 1.00 e. The Hall–Kier alpha value is -2.38. The first-order valence-corrected chi connectivity index (χ1v) is 15.7. The van der Waals surface area contributed by atoms with E-state index < -0.39 is 0 Å². The molecule has 0 spiro atoms. The molecule has 220 valence electrons. The standard InChI is InChI=1S/C33H46N2O3S.BrH/c1-4-5-6-7-8-9-10-11-12-13-14-15-22-38-32-30(20-17-21-31(32)37-3)33(36)34-29-19-16-18-28(23-29)24-35-26-39-25-27(35)2;/h16-21,23,25-26H,4-15,22,24H2,1-3H3;1H. The van der Waals surface area contributed by atoms with Gasteiger partial charge in [0.1, 0.15) is 0 Å². The third-order valence-corrected chi connectivity index (χ3v) is 7.96. The zero-order valence-electron chi connectivity index (χ0n) is 24.6. The van der Waals surface area contributed by atoms with Crippen LogP contribution in [-0.2, 0) is 6.54 Å². The molecule has 0 bridgehead atoms. The highest BCUT2D eigenvalue weighted by Crippen LogP contribution is 2.32. The zero-order chi connectivity index (χ0) is 27.7. The summed E-state index contributed by atoms with van der Waals surface area (Å²) < 4.78 is 13.9. The summed E-state index contributed by atoms with van der Waals surface area (Å²) in [6, 6.07) is 13.5. The van der Waals surface area contributed by atoms with E-state index in [1.807, 2.05) is 30.3 Å². The number of rotatable bonds is 19. The summed E-state index contributed by atoms with van der Waals surface area (Å²) in [5, 5.41) is 5.18. The van der Waals surface area contributed by atoms with Crippen LogP contribution in [0.2, 0.25) is 0 Å². The predicted octanol–water partition coefficient (Wildman–Crippen LogP) is 5.74. The SMILES string of the molecule is CCCCCCCCCCCCCCOc1c(OC)cccc1C(=O)Nc1cccc(C[n+]2cscc2C)c1.[Br-]. The van der Waals surface area contributed by atoms with Gasteiger partial charge in [-0.15, -0.1) is 0 Å². The number of hydrogen-bond acceptors (Lipinski definition) is 4. The van der Waals surface area contributed by atoms with Gasteiger partial charge < -0.3 is 31.8 Å². The van der Waals surface area contributed by atoms with Crippen LogP contribution in [-0.4, -0.2) is 19.6 Å². The van der Waals surface area contributed by atoms with Crippen molar-refractivity contribution in [2.24, 2.45) is 0 Å². The van der Waals surface area contributed by atoms with Gasteiger partial charge in [-0.25, -0.2) is 0 Å². The Kier molecular flexibility index (Phi) is 16.6. The molecule has 0 aliphatic heterocycles. The number of nitrogens with zero attached hydrogens (tertiary/aromatic N) is 1. The summed E-state index contributed by atoms with van der Waals surface area (Å²) in [7, 11) is 1.61. The Morgan fingerprint density at radius 3 is 2.17 bits per heavy atom. The molecular formula is C33H47BrN2O3S. The molecule has 0 atom stereocenters. The van der Waals surface area contributed by atoms with Crippen LogP contribution in [0.1, 0.15) is 106 Å². The van der Waals surface area contributed by atoms with Crippen molar-refractivity contribution in [3.63, 3.8) is 0 Å². The number of nitrogens with one attached hydrogen (secondary N) is 1. The van der Waals surface area contributed by atoms with Crippen molar-refractivity contribution in [3.8, 4) is 11.5 Å². The summed E-state index contributed by atoms with van der Waals surface area (Å²) in [6.45, 7) is 5.71. The third kappa shape index (κ3) is 11.6. The minimum absolute atomic E-state index is 0. The molecule has 7 heteroatoms. The molecule has 3 aromatic rings. The average Bonchev–Trinajstić information content (AvgIpc) is 3.35. The lowest BCUT2D eigenvalue weighted by atomic mass is 10.1. The Bertz CT molecular complexity index is 1130. The second kappa shape index (κ2) is 19.7. The molecule has 2 aromatic carbocycles. The van der Waals surface area contributed by atoms with Crippen LogP contribution in [0.5, 0.6) is 11.5 Å². The zero-order valence-corrected chi connectivity index (χ0v) is 27.0. The highest BCUT2D eigenvalue weighted by molar-refractivity contribution is 7.07. The lowest BCUT2D eigenvalue weighted by Crippen LogP contribution is -3.00. The van der Waals surface area contributed by atoms with Crippen molar-refractivity contribution < 1.29 is 35.8 Å². The molecule has 0 radical (unpaired) electrons. The van der Waals surface area contributed by atoms with E-state index >= 15 is 0 Å². The number of amides is 1. The van der Waals surface area contributed by atoms with Gasteiger partial charge in [0.15, 0.2) is 23.7 Å². The van der Waals surface area contributed by atoms with Crippen LogP contribution in [0.15, 0.2) is 53.4 Å². The number of halogens is 1. The second-order valence-electron chi connectivity index (χ2n) is 10.4. The summed E-state index contributed by atoms with van der Waals surface area (Å²) in [6.07, 6.45) is 15.6. The van der Waals surface area contributed by atoms with Gasteiger partial charge in [0.05, 0.1) is 24.7 Å². The first-order chi connectivity index (χ1) is 19.1. The van der Waals surface area contributed by atoms with Gasteiger partial charge in [0.25, 0.3) is 5.91 Å².